The van der Waals surface area contributed by atoms with Gasteiger partial charge in [0.15, 0.2) is 0 Å². The van der Waals surface area contributed by atoms with E-state index in [0.29, 0.717) is 6.61 Å². The standard InChI is InChI=1S/C22H28N4O/c1-6-27-21-15-18(26(4)5)11-12-19(21)22(20-13-14-23-24-20)16-7-9-17(10-8-16)25(2)3/h7-15,22H,6H2,1-5H3,(H,23,24). The highest BCUT2D eigenvalue weighted by Crippen LogP contribution is 2.38. The Labute approximate surface area is 161 Å². The lowest BCUT2D eigenvalue weighted by Gasteiger charge is -2.23. The predicted octanol–water partition coefficient (Wildman–Crippen LogP) is 4.12. The van der Waals surface area contributed by atoms with Gasteiger partial charge in [-0.05, 0) is 36.8 Å². The van der Waals surface area contributed by atoms with Crippen LogP contribution in [0, 0.1) is 0 Å². The fourth-order valence-corrected chi connectivity index (χ4v) is 3.24. The van der Waals surface area contributed by atoms with E-state index in [0.717, 1.165) is 22.7 Å². The third-order valence-corrected chi connectivity index (χ3v) is 4.70. The van der Waals surface area contributed by atoms with E-state index in [-0.39, 0.29) is 5.92 Å². The Hall–Kier alpha value is -2.95. The summed E-state index contributed by atoms with van der Waals surface area (Å²) in [5, 5.41) is 7.33. The summed E-state index contributed by atoms with van der Waals surface area (Å²) in [6, 6.07) is 17.1. The van der Waals surface area contributed by atoms with Crippen LogP contribution >= 0.6 is 0 Å². The molecule has 5 heteroatoms. The molecule has 1 atom stereocenters. The van der Waals surface area contributed by atoms with Gasteiger partial charge in [0.25, 0.3) is 0 Å². The molecule has 0 saturated carbocycles. The van der Waals surface area contributed by atoms with Gasteiger partial charge in [-0.3, -0.25) is 5.10 Å². The second-order valence-electron chi connectivity index (χ2n) is 6.98. The summed E-state index contributed by atoms with van der Waals surface area (Å²) in [7, 11) is 8.18. The number of aromatic amines is 1. The molecule has 0 radical (unpaired) electrons. The molecule has 0 aliphatic heterocycles. The molecule has 0 fully saturated rings. The van der Waals surface area contributed by atoms with Crippen molar-refractivity contribution in [2.75, 3.05) is 44.6 Å². The van der Waals surface area contributed by atoms with Crippen LogP contribution in [0.4, 0.5) is 11.4 Å². The third-order valence-electron chi connectivity index (χ3n) is 4.70. The van der Waals surface area contributed by atoms with E-state index in [1.165, 1.54) is 11.3 Å². The molecule has 3 aromatic rings. The zero-order valence-electron chi connectivity index (χ0n) is 16.7. The van der Waals surface area contributed by atoms with Gasteiger partial charge in [0.1, 0.15) is 5.75 Å². The molecule has 0 spiro atoms. The van der Waals surface area contributed by atoms with E-state index in [1.807, 2.05) is 27.1 Å². The lowest BCUT2D eigenvalue weighted by Crippen LogP contribution is -2.12. The van der Waals surface area contributed by atoms with Gasteiger partial charge in [0, 0.05) is 63.1 Å². The summed E-state index contributed by atoms with van der Waals surface area (Å²) in [5.74, 6) is 0.932. The van der Waals surface area contributed by atoms with Crippen LogP contribution in [-0.2, 0) is 0 Å². The monoisotopic (exact) mass is 364 g/mol. The number of rotatable bonds is 7. The first-order chi connectivity index (χ1) is 13.0. The molecule has 2 aromatic carbocycles. The minimum Gasteiger partial charge on any atom is -0.493 e. The smallest absolute Gasteiger partial charge is 0.125 e. The first-order valence-electron chi connectivity index (χ1n) is 9.22. The Kier molecular flexibility index (Phi) is 5.69. The Morgan fingerprint density at radius 2 is 1.59 bits per heavy atom. The number of benzene rings is 2. The quantitative estimate of drug-likeness (QED) is 0.685. The summed E-state index contributed by atoms with van der Waals surface area (Å²) in [6.45, 7) is 2.64. The predicted molar refractivity (Wildman–Crippen MR) is 112 cm³/mol. The Balaban J connectivity index is 2.11. The average molecular weight is 364 g/mol. The fourth-order valence-electron chi connectivity index (χ4n) is 3.24. The van der Waals surface area contributed by atoms with Crippen LogP contribution in [0.15, 0.2) is 54.7 Å². The van der Waals surface area contributed by atoms with Gasteiger partial charge in [-0.2, -0.15) is 5.10 Å². The summed E-state index contributed by atoms with van der Waals surface area (Å²) in [4.78, 5) is 4.19. The van der Waals surface area contributed by atoms with Gasteiger partial charge in [-0.25, -0.2) is 0 Å². The van der Waals surface area contributed by atoms with Crippen molar-refractivity contribution in [3.63, 3.8) is 0 Å². The number of ether oxygens (including phenoxy) is 1. The molecule has 142 valence electrons. The zero-order chi connectivity index (χ0) is 19.4. The van der Waals surface area contributed by atoms with E-state index in [1.54, 1.807) is 6.20 Å². The molecule has 1 N–H and O–H groups in total. The Morgan fingerprint density at radius 1 is 0.926 bits per heavy atom. The number of H-pyrrole nitrogens is 1. The van der Waals surface area contributed by atoms with E-state index in [9.17, 15) is 0 Å². The van der Waals surface area contributed by atoms with Gasteiger partial charge in [-0.1, -0.05) is 18.2 Å². The third kappa shape index (κ3) is 4.08. The molecule has 1 heterocycles. The van der Waals surface area contributed by atoms with Gasteiger partial charge in [0.05, 0.1) is 12.5 Å². The number of nitrogens with one attached hydrogen (secondary N) is 1. The molecule has 0 aliphatic rings. The van der Waals surface area contributed by atoms with Crippen molar-refractivity contribution in [1.29, 1.82) is 0 Å². The topological polar surface area (TPSA) is 44.4 Å². The van der Waals surface area contributed by atoms with Gasteiger partial charge < -0.3 is 14.5 Å². The normalized spacial score (nSPS) is 11.9. The number of hydrogen-bond acceptors (Lipinski definition) is 4. The summed E-state index contributed by atoms with van der Waals surface area (Å²) >= 11 is 0. The molecule has 5 nitrogen and oxygen atoms in total. The van der Waals surface area contributed by atoms with Gasteiger partial charge in [-0.15, -0.1) is 0 Å². The first-order valence-corrected chi connectivity index (χ1v) is 9.22. The van der Waals surface area contributed by atoms with Crippen molar-refractivity contribution in [3.05, 3.63) is 71.5 Å². The largest absolute Gasteiger partial charge is 0.493 e. The van der Waals surface area contributed by atoms with Crippen molar-refractivity contribution >= 4 is 11.4 Å². The van der Waals surface area contributed by atoms with Crippen molar-refractivity contribution in [3.8, 4) is 5.75 Å². The van der Waals surface area contributed by atoms with Crippen LogP contribution < -0.4 is 14.5 Å². The van der Waals surface area contributed by atoms with Crippen molar-refractivity contribution in [2.24, 2.45) is 0 Å². The van der Waals surface area contributed by atoms with E-state index in [2.05, 4.69) is 76.6 Å². The van der Waals surface area contributed by atoms with E-state index < -0.39 is 0 Å². The van der Waals surface area contributed by atoms with Gasteiger partial charge in [0.2, 0.25) is 0 Å². The van der Waals surface area contributed by atoms with Crippen molar-refractivity contribution < 1.29 is 4.74 Å². The maximum absolute atomic E-state index is 6.02. The van der Waals surface area contributed by atoms with Crippen LogP contribution in [-0.4, -0.2) is 45.0 Å². The van der Waals surface area contributed by atoms with Crippen molar-refractivity contribution in [1.82, 2.24) is 10.2 Å². The molecule has 0 saturated heterocycles. The van der Waals surface area contributed by atoms with Crippen LogP contribution in [0.1, 0.15) is 29.7 Å². The average Bonchev–Trinajstić information content (AvgIpc) is 3.18. The number of nitrogens with zero attached hydrogens (tertiary/aromatic N) is 3. The van der Waals surface area contributed by atoms with Crippen molar-refractivity contribution in [2.45, 2.75) is 12.8 Å². The number of hydrogen-bond donors (Lipinski definition) is 1. The van der Waals surface area contributed by atoms with E-state index >= 15 is 0 Å². The second kappa shape index (κ2) is 8.16. The maximum atomic E-state index is 6.02. The second-order valence-corrected chi connectivity index (χ2v) is 6.98. The summed E-state index contributed by atoms with van der Waals surface area (Å²) < 4.78 is 6.02. The van der Waals surface area contributed by atoms with Crippen LogP contribution in [0.5, 0.6) is 5.75 Å². The zero-order valence-corrected chi connectivity index (χ0v) is 16.7. The SMILES string of the molecule is CCOc1cc(N(C)C)ccc1C(c1ccc(N(C)C)cc1)c1ccn[nH]1. The highest BCUT2D eigenvalue weighted by molar-refractivity contribution is 5.58. The fraction of sp³-hybridized carbons (Fsp3) is 0.318. The lowest BCUT2D eigenvalue weighted by molar-refractivity contribution is 0.336. The molecule has 0 aliphatic carbocycles. The Morgan fingerprint density at radius 3 is 2.15 bits per heavy atom. The van der Waals surface area contributed by atoms with Crippen LogP contribution in [0.2, 0.25) is 0 Å². The molecule has 27 heavy (non-hydrogen) atoms. The summed E-state index contributed by atoms with van der Waals surface area (Å²) in [5.41, 5.74) is 5.67. The highest BCUT2D eigenvalue weighted by atomic mass is 16.5. The van der Waals surface area contributed by atoms with Gasteiger partial charge >= 0.3 is 0 Å². The van der Waals surface area contributed by atoms with Crippen LogP contribution in [0.25, 0.3) is 0 Å². The molecular weight excluding hydrogens is 336 g/mol. The van der Waals surface area contributed by atoms with E-state index in [4.69, 9.17) is 4.74 Å². The molecule has 0 amide bonds. The highest BCUT2D eigenvalue weighted by Gasteiger charge is 2.22. The molecular formula is C22H28N4O. The minimum absolute atomic E-state index is 0.0291. The maximum Gasteiger partial charge on any atom is 0.125 e. The van der Waals surface area contributed by atoms with Crippen LogP contribution in [0.3, 0.4) is 0 Å². The first kappa shape index (κ1) is 18.8. The minimum atomic E-state index is 0.0291. The summed E-state index contributed by atoms with van der Waals surface area (Å²) in [6.07, 6.45) is 1.80. The number of aromatic nitrogens is 2. The molecule has 1 aromatic heterocycles. The molecule has 3 rings (SSSR count). The lowest BCUT2D eigenvalue weighted by atomic mass is 9.87. The molecule has 0 bridgehead atoms. The molecule has 1 unspecified atom stereocenters. The number of anilines is 2. The Bertz CT molecular complexity index is 855.